The molecule has 0 unspecified atom stereocenters. The first-order valence-electron chi connectivity index (χ1n) is 14.6. The van der Waals surface area contributed by atoms with Crippen LogP contribution in [-0.4, -0.2) is 70.9 Å². The SMILES string of the molecule is N#CCC1(n2cc(-c3ncnc4[nH]ccc34)cn2)CN([C@H]2CC[C@@H](Oc3cc(CNC4CC4)nc(C(F)(F)F)n3)CC2)C1. The van der Waals surface area contributed by atoms with Crippen LogP contribution in [0.4, 0.5) is 13.2 Å². The Morgan fingerprint density at radius 3 is 2.67 bits per heavy atom. The molecule has 0 atom stereocenters. The van der Waals surface area contributed by atoms with Gasteiger partial charge in [0.15, 0.2) is 0 Å². The number of H-pyrrole nitrogens is 1. The molecule has 3 fully saturated rings. The molecule has 1 aliphatic heterocycles. The van der Waals surface area contributed by atoms with E-state index in [0.717, 1.165) is 48.0 Å². The number of aromatic amines is 1. The normalized spacial score (nSPS) is 22.3. The van der Waals surface area contributed by atoms with E-state index < -0.39 is 17.5 Å². The van der Waals surface area contributed by atoms with Crippen LogP contribution in [0.1, 0.15) is 56.5 Å². The lowest BCUT2D eigenvalue weighted by Gasteiger charge is -2.53. The average molecular weight is 593 g/mol. The molecule has 3 aliphatic rings. The number of hydrogen-bond acceptors (Lipinski definition) is 9. The molecule has 2 aliphatic carbocycles. The molecule has 0 bridgehead atoms. The minimum Gasteiger partial charge on any atom is -0.474 e. The summed E-state index contributed by atoms with van der Waals surface area (Å²) in [5.74, 6) is -1.19. The fourth-order valence-electron chi connectivity index (χ4n) is 6.25. The van der Waals surface area contributed by atoms with E-state index in [0.29, 0.717) is 44.4 Å². The molecular weight excluding hydrogens is 561 g/mol. The van der Waals surface area contributed by atoms with E-state index in [2.05, 4.69) is 46.3 Å². The molecule has 0 aromatic carbocycles. The highest BCUT2D eigenvalue weighted by molar-refractivity contribution is 5.90. The van der Waals surface area contributed by atoms with Crippen LogP contribution in [0.5, 0.6) is 5.88 Å². The maximum absolute atomic E-state index is 13.5. The summed E-state index contributed by atoms with van der Waals surface area (Å²) < 4.78 is 48.3. The van der Waals surface area contributed by atoms with Crippen LogP contribution in [0, 0.1) is 11.3 Å². The van der Waals surface area contributed by atoms with Crippen LogP contribution >= 0.6 is 0 Å². The van der Waals surface area contributed by atoms with Crippen molar-refractivity contribution in [1.82, 2.24) is 44.9 Å². The number of nitrogens with zero attached hydrogens (tertiary/aromatic N) is 8. The summed E-state index contributed by atoms with van der Waals surface area (Å²) in [6.45, 7) is 1.64. The van der Waals surface area contributed by atoms with E-state index in [4.69, 9.17) is 4.74 Å². The van der Waals surface area contributed by atoms with Gasteiger partial charge in [-0.1, -0.05) is 0 Å². The molecule has 0 spiro atoms. The van der Waals surface area contributed by atoms with E-state index in [1.54, 1.807) is 6.20 Å². The quantitative estimate of drug-likeness (QED) is 0.293. The van der Waals surface area contributed by atoms with Crippen molar-refractivity contribution in [3.05, 3.63) is 48.6 Å². The van der Waals surface area contributed by atoms with Gasteiger partial charge >= 0.3 is 6.18 Å². The molecule has 224 valence electrons. The summed E-state index contributed by atoms with van der Waals surface area (Å²) in [4.78, 5) is 21.6. The highest BCUT2D eigenvalue weighted by atomic mass is 19.4. The van der Waals surface area contributed by atoms with Crippen molar-refractivity contribution in [1.29, 1.82) is 5.26 Å². The summed E-state index contributed by atoms with van der Waals surface area (Å²) in [5, 5.41) is 18.4. The van der Waals surface area contributed by atoms with Crippen LogP contribution < -0.4 is 10.1 Å². The number of nitriles is 1. The topological polar surface area (TPSA) is 133 Å². The summed E-state index contributed by atoms with van der Waals surface area (Å²) in [6.07, 6.45) is 7.73. The van der Waals surface area contributed by atoms with Crippen molar-refractivity contribution >= 4 is 11.0 Å². The maximum Gasteiger partial charge on any atom is 0.451 e. The van der Waals surface area contributed by atoms with Gasteiger partial charge in [0.1, 0.15) is 23.6 Å². The Morgan fingerprint density at radius 2 is 1.93 bits per heavy atom. The van der Waals surface area contributed by atoms with Gasteiger partial charge < -0.3 is 15.0 Å². The first-order valence-corrected chi connectivity index (χ1v) is 14.6. The fraction of sp³-hybridized carbons (Fsp3) is 0.517. The zero-order valence-electron chi connectivity index (χ0n) is 23.4. The minimum absolute atomic E-state index is 0.0227. The summed E-state index contributed by atoms with van der Waals surface area (Å²) >= 11 is 0. The molecule has 2 saturated carbocycles. The number of fused-ring (bicyclic) bond motifs is 1. The van der Waals surface area contributed by atoms with Crippen LogP contribution in [0.25, 0.3) is 22.3 Å². The van der Waals surface area contributed by atoms with E-state index in [9.17, 15) is 18.4 Å². The number of halogens is 3. The number of alkyl halides is 3. The predicted octanol–water partition coefficient (Wildman–Crippen LogP) is 4.20. The van der Waals surface area contributed by atoms with Gasteiger partial charge in [-0.3, -0.25) is 9.58 Å². The largest absolute Gasteiger partial charge is 0.474 e. The standard InChI is InChI=1S/C29H31F3N10O/c30-29(31,32)27-39-20(13-35-19-1-2-19)11-24(40-27)43-22-5-3-21(4-6-22)41-15-28(16-41,8-9-33)42-14-18(12-38-42)25-23-7-10-34-26(23)37-17-36-25/h7,10-12,14,17,19,21-22,35H,1-6,8,13,15-16H2,(H,34,36,37)/t21-,22+. The molecule has 0 radical (unpaired) electrons. The van der Waals surface area contributed by atoms with Crippen molar-refractivity contribution in [2.75, 3.05) is 13.1 Å². The zero-order chi connectivity index (χ0) is 29.6. The highest BCUT2D eigenvalue weighted by Crippen LogP contribution is 2.39. The summed E-state index contributed by atoms with van der Waals surface area (Å²) in [5.41, 5.74) is 2.27. The Labute approximate surface area is 245 Å². The Bertz CT molecular complexity index is 1640. The van der Waals surface area contributed by atoms with Crippen molar-refractivity contribution in [2.45, 2.75) is 81.4 Å². The molecule has 11 nitrogen and oxygen atoms in total. The minimum atomic E-state index is -4.64. The van der Waals surface area contributed by atoms with E-state index >= 15 is 0 Å². The number of aromatic nitrogens is 7. The van der Waals surface area contributed by atoms with Crippen LogP contribution in [0.15, 0.2) is 37.1 Å². The third-order valence-corrected chi connectivity index (χ3v) is 8.70. The van der Waals surface area contributed by atoms with Crippen LogP contribution in [0.2, 0.25) is 0 Å². The number of likely N-dealkylation sites (tertiary alicyclic amines) is 1. The molecule has 4 aromatic rings. The second-order valence-electron chi connectivity index (χ2n) is 11.8. The van der Waals surface area contributed by atoms with Crippen molar-refractivity contribution in [3.63, 3.8) is 0 Å². The van der Waals surface area contributed by atoms with E-state index in [-0.39, 0.29) is 24.2 Å². The third-order valence-electron chi connectivity index (χ3n) is 8.70. The van der Waals surface area contributed by atoms with Gasteiger partial charge in [0.05, 0.1) is 30.1 Å². The fourth-order valence-corrected chi connectivity index (χ4v) is 6.25. The molecule has 4 aromatic heterocycles. The second-order valence-corrected chi connectivity index (χ2v) is 11.8. The monoisotopic (exact) mass is 592 g/mol. The third kappa shape index (κ3) is 5.66. The lowest BCUT2D eigenvalue weighted by Crippen LogP contribution is -2.65. The molecule has 2 N–H and O–H groups in total. The van der Waals surface area contributed by atoms with Gasteiger partial charge in [-0.2, -0.15) is 28.5 Å². The van der Waals surface area contributed by atoms with Crippen LogP contribution in [-0.2, 0) is 18.3 Å². The van der Waals surface area contributed by atoms with Crippen molar-refractivity contribution < 1.29 is 17.9 Å². The van der Waals surface area contributed by atoms with Gasteiger partial charge in [0, 0.05) is 61.1 Å². The smallest absolute Gasteiger partial charge is 0.451 e. The summed E-state index contributed by atoms with van der Waals surface area (Å²) in [7, 11) is 0. The first-order chi connectivity index (χ1) is 20.8. The molecule has 1 saturated heterocycles. The van der Waals surface area contributed by atoms with Crippen molar-refractivity contribution in [3.8, 4) is 23.2 Å². The van der Waals surface area contributed by atoms with E-state index in [1.165, 1.54) is 12.4 Å². The van der Waals surface area contributed by atoms with Gasteiger partial charge in [-0.05, 0) is 44.6 Å². The predicted molar refractivity (Wildman–Crippen MR) is 148 cm³/mol. The molecule has 5 heterocycles. The number of rotatable bonds is 9. The van der Waals surface area contributed by atoms with E-state index in [1.807, 2.05) is 23.1 Å². The number of ether oxygens (including phenoxy) is 1. The van der Waals surface area contributed by atoms with Gasteiger partial charge in [-0.25, -0.2) is 15.0 Å². The molecule has 14 heteroatoms. The Morgan fingerprint density at radius 1 is 1.12 bits per heavy atom. The van der Waals surface area contributed by atoms with Gasteiger partial charge in [-0.15, -0.1) is 0 Å². The second kappa shape index (κ2) is 10.9. The average Bonchev–Trinajstić information content (AvgIpc) is 3.44. The van der Waals surface area contributed by atoms with Crippen LogP contribution in [0.3, 0.4) is 0 Å². The number of nitrogens with one attached hydrogen (secondary N) is 2. The summed E-state index contributed by atoms with van der Waals surface area (Å²) in [6, 6.07) is 6.45. The molecule has 7 rings (SSSR count). The maximum atomic E-state index is 13.5. The van der Waals surface area contributed by atoms with Crippen molar-refractivity contribution in [2.24, 2.45) is 0 Å². The molecule has 43 heavy (non-hydrogen) atoms. The van der Waals surface area contributed by atoms with Gasteiger partial charge in [0.25, 0.3) is 0 Å². The van der Waals surface area contributed by atoms with Gasteiger partial charge in [0.2, 0.25) is 11.7 Å². The Kier molecular flexibility index (Phi) is 7.01. The molecule has 0 amide bonds. The molecular formula is C29H31F3N10O. The lowest BCUT2D eigenvalue weighted by atomic mass is 9.82. The Balaban J connectivity index is 0.981. The number of hydrogen-bond donors (Lipinski definition) is 2. The highest BCUT2D eigenvalue weighted by Gasteiger charge is 2.48. The zero-order valence-corrected chi connectivity index (χ0v) is 23.4. The first kappa shape index (κ1) is 27.7. The lowest BCUT2D eigenvalue weighted by molar-refractivity contribution is -0.145. The Hall–Kier alpha value is -4.09.